The van der Waals surface area contributed by atoms with Gasteiger partial charge in [-0.1, -0.05) is 32.0 Å². The number of benzene rings is 2. The van der Waals surface area contributed by atoms with Gasteiger partial charge in [-0.3, -0.25) is 9.59 Å². The Kier molecular flexibility index (Phi) is 5.80. The third-order valence-corrected chi connectivity index (χ3v) is 4.02. The SMILES string of the molecule is CC(C)C(NC(=O)COc1ccccc1)C(=O)Nc1ccc2c(c1)OCO2. The first-order chi connectivity index (χ1) is 13.0. The fourth-order valence-corrected chi connectivity index (χ4v) is 2.61. The van der Waals surface area contributed by atoms with Crippen molar-refractivity contribution in [2.75, 3.05) is 18.7 Å². The average Bonchev–Trinajstić information content (AvgIpc) is 3.12. The standard InChI is InChI=1S/C20H22N2O5/c1-13(2)19(22-18(23)11-25-15-6-4-3-5-7-15)20(24)21-14-8-9-16-17(10-14)27-12-26-16/h3-10,13,19H,11-12H2,1-2H3,(H,21,24)(H,22,23). The van der Waals surface area contributed by atoms with Crippen molar-refractivity contribution >= 4 is 17.5 Å². The minimum Gasteiger partial charge on any atom is -0.484 e. The fourth-order valence-electron chi connectivity index (χ4n) is 2.61. The van der Waals surface area contributed by atoms with Gasteiger partial charge in [0.15, 0.2) is 18.1 Å². The van der Waals surface area contributed by atoms with Crippen LogP contribution >= 0.6 is 0 Å². The van der Waals surface area contributed by atoms with E-state index in [1.807, 2.05) is 32.0 Å². The largest absolute Gasteiger partial charge is 0.484 e. The van der Waals surface area contributed by atoms with Crippen LogP contribution in [0, 0.1) is 5.92 Å². The first-order valence-electron chi connectivity index (χ1n) is 8.70. The summed E-state index contributed by atoms with van der Waals surface area (Å²) in [6, 6.07) is 13.5. The molecule has 2 N–H and O–H groups in total. The smallest absolute Gasteiger partial charge is 0.258 e. The molecular weight excluding hydrogens is 348 g/mol. The van der Waals surface area contributed by atoms with Crippen LogP contribution in [0.1, 0.15) is 13.8 Å². The van der Waals surface area contributed by atoms with Crippen LogP contribution < -0.4 is 24.8 Å². The molecule has 2 amide bonds. The molecule has 0 saturated heterocycles. The van der Waals surface area contributed by atoms with Gasteiger partial charge in [0.1, 0.15) is 11.8 Å². The number of anilines is 1. The molecule has 0 saturated carbocycles. The summed E-state index contributed by atoms with van der Waals surface area (Å²) in [7, 11) is 0. The summed E-state index contributed by atoms with van der Waals surface area (Å²) in [6.07, 6.45) is 0. The quantitative estimate of drug-likeness (QED) is 0.782. The molecule has 0 aliphatic carbocycles. The van der Waals surface area contributed by atoms with E-state index in [-0.39, 0.29) is 31.1 Å². The van der Waals surface area contributed by atoms with Gasteiger partial charge in [-0.15, -0.1) is 0 Å². The van der Waals surface area contributed by atoms with Gasteiger partial charge in [-0.2, -0.15) is 0 Å². The van der Waals surface area contributed by atoms with Gasteiger partial charge in [-0.05, 0) is 30.2 Å². The van der Waals surface area contributed by atoms with E-state index in [1.54, 1.807) is 30.3 Å². The molecule has 1 aliphatic rings. The monoisotopic (exact) mass is 370 g/mol. The molecule has 2 aromatic rings. The van der Waals surface area contributed by atoms with Crippen molar-refractivity contribution in [2.45, 2.75) is 19.9 Å². The van der Waals surface area contributed by atoms with Crippen molar-refractivity contribution in [1.29, 1.82) is 0 Å². The number of amides is 2. The molecule has 0 fully saturated rings. The van der Waals surface area contributed by atoms with Gasteiger partial charge in [0.2, 0.25) is 12.7 Å². The summed E-state index contributed by atoms with van der Waals surface area (Å²) in [5.41, 5.74) is 0.574. The van der Waals surface area contributed by atoms with E-state index >= 15 is 0 Å². The number of fused-ring (bicyclic) bond motifs is 1. The van der Waals surface area contributed by atoms with E-state index in [2.05, 4.69) is 10.6 Å². The van der Waals surface area contributed by atoms with Crippen LogP contribution in [-0.2, 0) is 9.59 Å². The van der Waals surface area contributed by atoms with Crippen LogP contribution in [0.25, 0.3) is 0 Å². The van der Waals surface area contributed by atoms with E-state index in [9.17, 15) is 9.59 Å². The van der Waals surface area contributed by atoms with E-state index in [0.29, 0.717) is 22.9 Å². The zero-order chi connectivity index (χ0) is 19.2. The summed E-state index contributed by atoms with van der Waals surface area (Å²) >= 11 is 0. The first kappa shape index (κ1) is 18.6. The fraction of sp³-hybridized carbons (Fsp3) is 0.300. The number of carbonyl (C=O) groups excluding carboxylic acids is 2. The van der Waals surface area contributed by atoms with Crippen LogP contribution in [0.4, 0.5) is 5.69 Å². The molecule has 1 unspecified atom stereocenters. The maximum atomic E-state index is 12.6. The molecule has 27 heavy (non-hydrogen) atoms. The minimum atomic E-state index is -0.692. The van der Waals surface area contributed by atoms with Crippen LogP contribution in [0.3, 0.4) is 0 Å². The highest BCUT2D eigenvalue weighted by atomic mass is 16.7. The Bertz CT molecular complexity index is 807. The van der Waals surface area contributed by atoms with E-state index in [0.717, 1.165) is 0 Å². The van der Waals surface area contributed by atoms with Crippen molar-refractivity contribution in [3.05, 3.63) is 48.5 Å². The summed E-state index contributed by atoms with van der Waals surface area (Å²) in [5, 5.41) is 5.53. The Labute approximate surface area is 157 Å². The van der Waals surface area contributed by atoms with Crippen LogP contribution in [0.5, 0.6) is 17.2 Å². The summed E-state index contributed by atoms with van der Waals surface area (Å²) in [6.45, 7) is 3.73. The number of ether oxygens (including phenoxy) is 3. The molecule has 0 aromatic heterocycles. The van der Waals surface area contributed by atoms with Gasteiger partial charge in [0.05, 0.1) is 0 Å². The second-order valence-electron chi connectivity index (χ2n) is 6.45. The lowest BCUT2D eigenvalue weighted by molar-refractivity contribution is -0.128. The molecule has 0 radical (unpaired) electrons. The second kappa shape index (κ2) is 8.44. The molecular formula is C20H22N2O5. The highest BCUT2D eigenvalue weighted by molar-refractivity contribution is 5.97. The molecule has 2 aromatic carbocycles. The lowest BCUT2D eigenvalue weighted by atomic mass is 10.0. The predicted octanol–water partition coefficient (Wildman–Crippen LogP) is 2.57. The lowest BCUT2D eigenvalue weighted by Gasteiger charge is -2.22. The summed E-state index contributed by atoms with van der Waals surface area (Å²) < 4.78 is 16.0. The maximum Gasteiger partial charge on any atom is 0.258 e. The highest BCUT2D eigenvalue weighted by Crippen LogP contribution is 2.34. The van der Waals surface area contributed by atoms with E-state index in [1.165, 1.54) is 0 Å². The van der Waals surface area contributed by atoms with Crippen molar-refractivity contribution < 1.29 is 23.8 Å². The van der Waals surface area contributed by atoms with Crippen molar-refractivity contribution in [2.24, 2.45) is 5.92 Å². The van der Waals surface area contributed by atoms with Gasteiger partial charge in [-0.25, -0.2) is 0 Å². The Morgan fingerprint density at radius 1 is 1.07 bits per heavy atom. The normalized spacial score (nSPS) is 13.1. The molecule has 1 heterocycles. The molecule has 142 valence electrons. The van der Waals surface area contributed by atoms with Crippen molar-refractivity contribution in [3.8, 4) is 17.2 Å². The maximum absolute atomic E-state index is 12.6. The molecule has 7 heteroatoms. The number of carbonyl (C=O) groups is 2. The third-order valence-electron chi connectivity index (χ3n) is 4.02. The van der Waals surface area contributed by atoms with Gasteiger partial charge in [0.25, 0.3) is 5.91 Å². The number of para-hydroxylation sites is 1. The van der Waals surface area contributed by atoms with E-state index in [4.69, 9.17) is 14.2 Å². The second-order valence-corrected chi connectivity index (χ2v) is 6.45. The topological polar surface area (TPSA) is 85.9 Å². The van der Waals surface area contributed by atoms with Gasteiger partial charge < -0.3 is 24.8 Å². The minimum absolute atomic E-state index is 0.0975. The first-order valence-corrected chi connectivity index (χ1v) is 8.70. The number of hydrogen-bond acceptors (Lipinski definition) is 5. The number of hydrogen-bond donors (Lipinski definition) is 2. The Balaban J connectivity index is 1.57. The molecule has 1 atom stereocenters. The van der Waals surface area contributed by atoms with Crippen LogP contribution in [-0.4, -0.2) is 31.3 Å². The highest BCUT2D eigenvalue weighted by Gasteiger charge is 2.25. The Morgan fingerprint density at radius 3 is 2.56 bits per heavy atom. The molecule has 0 bridgehead atoms. The number of nitrogens with one attached hydrogen (secondary N) is 2. The van der Waals surface area contributed by atoms with Gasteiger partial charge in [0, 0.05) is 11.8 Å². The van der Waals surface area contributed by atoms with Crippen LogP contribution in [0.2, 0.25) is 0 Å². The molecule has 3 rings (SSSR count). The van der Waals surface area contributed by atoms with Crippen LogP contribution in [0.15, 0.2) is 48.5 Å². The lowest BCUT2D eigenvalue weighted by Crippen LogP contribution is -2.48. The zero-order valence-corrected chi connectivity index (χ0v) is 15.2. The average molecular weight is 370 g/mol. The summed E-state index contributed by atoms with van der Waals surface area (Å²) in [5.74, 6) is 1.04. The number of rotatable bonds is 7. The molecule has 7 nitrogen and oxygen atoms in total. The third kappa shape index (κ3) is 4.91. The van der Waals surface area contributed by atoms with Crippen molar-refractivity contribution in [1.82, 2.24) is 5.32 Å². The van der Waals surface area contributed by atoms with Crippen molar-refractivity contribution in [3.63, 3.8) is 0 Å². The zero-order valence-electron chi connectivity index (χ0n) is 15.2. The Morgan fingerprint density at radius 2 is 1.81 bits per heavy atom. The van der Waals surface area contributed by atoms with E-state index < -0.39 is 6.04 Å². The van der Waals surface area contributed by atoms with Gasteiger partial charge >= 0.3 is 0 Å². The predicted molar refractivity (Wildman–Crippen MR) is 99.9 cm³/mol. The molecule has 0 spiro atoms. The Hall–Kier alpha value is -3.22. The molecule has 1 aliphatic heterocycles. The summed E-state index contributed by atoms with van der Waals surface area (Å²) in [4.78, 5) is 24.8.